The van der Waals surface area contributed by atoms with Crippen molar-refractivity contribution in [2.45, 2.75) is 31.8 Å². The first-order chi connectivity index (χ1) is 12.1. The Morgan fingerprint density at radius 2 is 2.08 bits per heavy atom. The van der Waals surface area contributed by atoms with E-state index in [-0.39, 0.29) is 18.1 Å². The Morgan fingerprint density at radius 1 is 1.28 bits per heavy atom. The number of carbonyl (C=O) groups excluding carboxylic acids is 1. The second-order valence-electron chi connectivity index (χ2n) is 6.10. The molecule has 0 saturated heterocycles. The van der Waals surface area contributed by atoms with Gasteiger partial charge in [0.05, 0.1) is 25.9 Å². The molecule has 6 heteroatoms. The Balaban J connectivity index is 1.82. The molecule has 1 aliphatic carbocycles. The average Bonchev–Trinajstić information content (AvgIpc) is 3.47. The van der Waals surface area contributed by atoms with E-state index in [1.165, 1.54) is 0 Å². The lowest BCUT2D eigenvalue weighted by Gasteiger charge is -2.30. The van der Waals surface area contributed by atoms with Crippen LogP contribution >= 0.6 is 0 Å². The number of anilines is 1. The number of methoxy groups -OCH3 is 2. The number of nitrogens with one attached hydrogen (secondary N) is 1. The van der Waals surface area contributed by atoms with E-state index in [0.29, 0.717) is 17.2 Å². The first kappa shape index (κ1) is 17.1. The van der Waals surface area contributed by atoms with Gasteiger partial charge in [0.1, 0.15) is 11.5 Å². The minimum Gasteiger partial charge on any atom is -0.497 e. The number of urea groups is 1. The summed E-state index contributed by atoms with van der Waals surface area (Å²) in [6.07, 6.45) is 5.58. The zero-order chi connectivity index (χ0) is 17.8. The fourth-order valence-electron chi connectivity index (χ4n) is 2.89. The number of aromatic nitrogens is 1. The van der Waals surface area contributed by atoms with Gasteiger partial charge in [-0.15, -0.1) is 0 Å². The summed E-state index contributed by atoms with van der Waals surface area (Å²) in [7, 11) is 3.17. The largest absolute Gasteiger partial charge is 0.497 e. The molecule has 25 heavy (non-hydrogen) atoms. The minimum absolute atomic E-state index is 0.0576. The van der Waals surface area contributed by atoms with Crippen molar-refractivity contribution in [1.82, 2.24) is 9.88 Å². The van der Waals surface area contributed by atoms with Crippen molar-refractivity contribution < 1.29 is 14.3 Å². The third-order valence-electron chi connectivity index (χ3n) is 4.41. The second-order valence-corrected chi connectivity index (χ2v) is 6.10. The van der Waals surface area contributed by atoms with Crippen molar-refractivity contribution in [1.29, 1.82) is 0 Å². The monoisotopic (exact) mass is 341 g/mol. The van der Waals surface area contributed by atoms with Gasteiger partial charge < -0.3 is 19.7 Å². The SMILES string of the molecule is COc1ccc(OC)c(NC(=O)N(C2CC2)C(C)c2cccnc2)c1. The van der Waals surface area contributed by atoms with Gasteiger partial charge in [-0.3, -0.25) is 4.98 Å². The normalized spacial score (nSPS) is 14.5. The summed E-state index contributed by atoms with van der Waals surface area (Å²) in [6.45, 7) is 2.03. The zero-order valence-electron chi connectivity index (χ0n) is 14.7. The molecule has 0 spiro atoms. The molecule has 0 bridgehead atoms. The molecule has 0 aliphatic heterocycles. The van der Waals surface area contributed by atoms with Crippen LogP contribution in [0.1, 0.15) is 31.4 Å². The minimum atomic E-state index is -0.148. The molecule has 1 N–H and O–H groups in total. The molecule has 1 fully saturated rings. The number of hydrogen-bond acceptors (Lipinski definition) is 4. The van der Waals surface area contributed by atoms with E-state index in [1.807, 2.05) is 24.0 Å². The lowest BCUT2D eigenvalue weighted by atomic mass is 10.1. The molecule has 1 heterocycles. The third kappa shape index (κ3) is 3.84. The standard InChI is InChI=1S/C19H23N3O3/c1-13(14-5-4-10-20-12-14)22(15-6-7-15)19(23)21-17-11-16(24-2)8-9-18(17)25-3/h4-5,8-13,15H,6-7H2,1-3H3,(H,21,23). The van der Waals surface area contributed by atoms with Crippen LogP contribution in [0.4, 0.5) is 10.5 Å². The fraction of sp³-hybridized carbons (Fsp3) is 0.368. The van der Waals surface area contributed by atoms with Crippen LogP contribution in [0.15, 0.2) is 42.7 Å². The van der Waals surface area contributed by atoms with Crippen LogP contribution in [-0.4, -0.2) is 36.2 Å². The Morgan fingerprint density at radius 3 is 2.68 bits per heavy atom. The number of ether oxygens (including phenoxy) is 2. The maximum Gasteiger partial charge on any atom is 0.322 e. The van der Waals surface area contributed by atoms with Gasteiger partial charge >= 0.3 is 6.03 Å². The molecular weight excluding hydrogens is 318 g/mol. The quantitative estimate of drug-likeness (QED) is 0.867. The van der Waals surface area contributed by atoms with E-state index in [1.54, 1.807) is 44.8 Å². The van der Waals surface area contributed by atoms with E-state index >= 15 is 0 Å². The maximum atomic E-state index is 13.0. The predicted octanol–water partition coefficient (Wildman–Crippen LogP) is 3.86. The van der Waals surface area contributed by atoms with E-state index < -0.39 is 0 Å². The molecule has 2 aromatic rings. The Kier molecular flexibility index (Phi) is 5.07. The van der Waals surface area contributed by atoms with Gasteiger partial charge in [-0.1, -0.05) is 6.07 Å². The van der Waals surface area contributed by atoms with E-state index in [4.69, 9.17) is 9.47 Å². The molecular formula is C19H23N3O3. The van der Waals surface area contributed by atoms with Crippen LogP contribution < -0.4 is 14.8 Å². The highest BCUT2D eigenvalue weighted by molar-refractivity contribution is 5.92. The maximum absolute atomic E-state index is 13.0. The first-order valence-electron chi connectivity index (χ1n) is 8.35. The number of amides is 2. The Hall–Kier alpha value is -2.76. The van der Waals surface area contributed by atoms with Crippen molar-refractivity contribution >= 4 is 11.7 Å². The van der Waals surface area contributed by atoms with Crippen LogP contribution in [0, 0.1) is 0 Å². The molecule has 3 rings (SSSR count). The topological polar surface area (TPSA) is 63.7 Å². The van der Waals surface area contributed by atoms with Crippen molar-refractivity contribution in [3.8, 4) is 11.5 Å². The van der Waals surface area contributed by atoms with Gasteiger partial charge in [0, 0.05) is 24.5 Å². The number of benzene rings is 1. The summed E-state index contributed by atoms with van der Waals surface area (Å²) in [6, 6.07) is 9.27. The van der Waals surface area contributed by atoms with Crippen LogP contribution in [0.5, 0.6) is 11.5 Å². The van der Waals surface area contributed by atoms with Crippen molar-refractivity contribution in [3.63, 3.8) is 0 Å². The number of rotatable bonds is 6. The smallest absolute Gasteiger partial charge is 0.322 e. The molecule has 1 atom stereocenters. The molecule has 6 nitrogen and oxygen atoms in total. The van der Waals surface area contributed by atoms with Crippen molar-refractivity contribution in [3.05, 3.63) is 48.3 Å². The van der Waals surface area contributed by atoms with Crippen LogP contribution in [0.3, 0.4) is 0 Å². The first-order valence-corrected chi connectivity index (χ1v) is 8.35. The van der Waals surface area contributed by atoms with Gasteiger partial charge in [0.25, 0.3) is 0 Å². The lowest BCUT2D eigenvalue weighted by molar-refractivity contribution is 0.188. The summed E-state index contributed by atoms with van der Waals surface area (Å²) in [5.41, 5.74) is 1.61. The van der Waals surface area contributed by atoms with Crippen molar-refractivity contribution in [2.75, 3.05) is 19.5 Å². The van der Waals surface area contributed by atoms with E-state index in [0.717, 1.165) is 18.4 Å². The van der Waals surface area contributed by atoms with Gasteiger partial charge in [-0.25, -0.2) is 4.79 Å². The molecule has 1 aliphatic rings. The molecule has 2 amide bonds. The lowest BCUT2D eigenvalue weighted by Crippen LogP contribution is -2.38. The number of pyridine rings is 1. The molecule has 1 unspecified atom stereocenters. The van der Waals surface area contributed by atoms with Crippen LogP contribution in [0.25, 0.3) is 0 Å². The molecule has 0 radical (unpaired) electrons. The Bertz CT molecular complexity index is 732. The second kappa shape index (κ2) is 7.42. The summed E-state index contributed by atoms with van der Waals surface area (Å²) in [5.74, 6) is 1.26. The van der Waals surface area contributed by atoms with Gasteiger partial charge in [0.15, 0.2) is 0 Å². The number of hydrogen-bond donors (Lipinski definition) is 1. The highest BCUT2D eigenvalue weighted by Gasteiger charge is 2.36. The van der Waals surface area contributed by atoms with E-state index in [2.05, 4.69) is 10.3 Å². The number of carbonyl (C=O) groups is 1. The zero-order valence-corrected chi connectivity index (χ0v) is 14.7. The van der Waals surface area contributed by atoms with Crippen LogP contribution in [-0.2, 0) is 0 Å². The fourth-order valence-corrected chi connectivity index (χ4v) is 2.89. The van der Waals surface area contributed by atoms with Gasteiger partial charge in [0.2, 0.25) is 0 Å². The predicted molar refractivity (Wildman–Crippen MR) is 96.1 cm³/mol. The highest BCUT2D eigenvalue weighted by Crippen LogP contribution is 2.36. The number of nitrogens with zero attached hydrogens (tertiary/aromatic N) is 2. The summed E-state index contributed by atoms with van der Waals surface area (Å²) < 4.78 is 10.6. The average molecular weight is 341 g/mol. The van der Waals surface area contributed by atoms with Gasteiger partial charge in [-0.2, -0.15) is 0 Å². The molecule has 132 valence electrons. The third-order valence-corrected chi connectivity index (χ3v) is 4.41. The van der Waals surface area contributed by atoms with Crippen LogP contribution in [0.2, 0.25) is 0 Å². The Labute approximate surface area is 147 Å². The highest BCUT2D eigenvalue weighted by atomic mass is 16.5. The molecule has 1 saturated carbocycles. The van der Waals surface area contributed by atoms with Gasteiger partial charge in [-0.05, 0) is 43.5 Å². The van der Waals surface area contributed by atoms with Crippen molar-refractivity contribution in [2.24, 2.45) is 0 Å². The summed E-state index contributed by atoms with van der Waals surface area (Å²) >= 11 is 0. The van der Waals surface area contributed by atoms with E-state index in [9.17, 15) is 4.79 Å². The molecule has 1 aromatic heterocycles. The molecule has 1 aromatic carbocycles. The summed E-state index contributed by atoms with van der Waals surface area (Å²) in [5, 5.41) is 2.97. The summed E-state index contributed by atoms with van der Waals surface area (Å²) in [4.78, 5) is 19.0.